The van der Waals surface area contributed by atoms with Gasteiger partial charge in [-0.2, -0.15) is 0 Å². The molecule has 2 aromatic rings. The zero-order valence-corrected chi connectivity index (χ0v) is 13.6. The molecular weight excluding hydrogens is 290 g/mol. The lowest BCUT2D eigenvalue weighted by Crippen LogP contribution is -2.38. The quantitative estimate of drug-likeness (QED) is 0.903. The Morgan fingerprint density at radius 3 is 2.96 bits per heavy atom. The van der Waals surface area contributed by atoms with Gasteiger partial charge in [0.25, 0.3) is 0 Å². The summed E-state index contributed by atoms with van der Waals surface area (Å²) in [6, 6.07) is 8.13. The lowest BCUT2D eigenvalue weighted by Gasteiger charge is -2.35. The van der Waals surface area contributed by atoms with Crippen molar-refractivity contribution in [2.75, 3.05) is 29.6 Å². The van der Waals surface area contributed by atoms with Gasteiger partial charge in [-0.25, -0.2) is 9.97 Å². The second kappa shape index (κ2) is 6.73. The monoisotopic (exact) mass is 313 g/mol. The molecule has 1 atom stereocenters. The third kappa shape index (κ3) is 3.31. The molecule has 2 heterocycles. The molecule has 0 radical (unpaired) electrons. The average molecular weight is 313 g/mol. The molecule has 1 saturated heterocycles. The summed E-state index contributed by atoms with van der Waals surface area (Å²) in [7, 11) is 1.65. The van der Waals surface area contributed by atoms with Gasteiger partial charge in [-0.15, -0.1) is 0 Å². The van der Waals surface area contributed by atoms with Crippen molar-refractivity contribution in [2.24, 2.45) is 0 Å². The number of rotatable bonds is 4. The Labute approximate surface area is 136 Å². The van der Waals surface area contributed by atoms with E-state index < -0.39 is 0 Å². The molecule has 0 bridgehead atoms. The van der Waals surface area contributed by atoms with Gasteiger partial charge in [-0.1, -0.05) is 6.07 Å². The number of methoxy groups -OCH3 is 1. The highest BCUT2D eigenvalue weighted by atomic mass is 16.5. The third-order valence-corrected chi connectivity index (χ3v) is 4.27. The highest BCUT2D eigenvalue weighted by molar-refractivity contribution is 5.78. The van der Waals surface area contributed by atoms with Crippen LogP contribution in [0.25, 0.3) is 0 Å². The molecule has 1 aromatic carbocycles. The van der Waals surface area contributed by atoms with E-state index in [1.165, 1.54) is 19.3 Å². The number of ether oxygens (including phenoxy) is 1. The molecule has 1 aromatic heterocycles. The molecule has 0 saturated carbocycles. The van der Waals surface area contributed by atoms with Gasteiger partial charge in [-0.3, -0.25) is 0 Å². The van der Waals surface area contributed by atoms with E-state index in [4.69, 9.17) is 10.5 Å². The summed E-state index contributed by atoms with van der Waals surface area (Å²) in [4.78, 5) is 11.0. The fourth-order valence-electron chi connectivity index (χ4n) is 2.97. The smallest absolute Gasteiger partial charge is 0.159 e. The first-order valence-electron chi connectivity index (χ1n) is 7.97. The van der Waals surface area contributed by atoms with E-state index in [0.29, 0.717) is 17.5 Å². The Morgan fingerprint density at radius 1 is 1.30 bits per heavy atom. The predicted octanol–water partition coefficient (Wildman–Crippen LogP) is 3.19. The molecule has 0 aliphatic carbocycles. The van der Waals surface area contributed by atoms with Crippen LogP contribution in [0, 0.1) is 0 Å². The maximum atomic E-state index is 6.33. The van der Waals surface area contributed by atoms with Gasteiger partial charge in [0, 0.05) is 24.3 Å². The van der Waals surface area contributed by atoms with Gasteiger partial charge in [0.15, 0.2) is 11.6 Å². The Kier molecular flexibility index (Phi) is 4.50. The second-order valence-corrected chi connectivity index (χ2v) is 5.85. The second-order valence-electron chi connectivity index (χ2n) is 5.85. The van der Waals surface area contributed by atoms with Crippen LogP contribution in [0.4, 0.5) is 23.0 Å². The SMILES string of the molecule is COc1cccc(Nc2ncnc(N3CCCCC3C)c2N)c1. The van der Waals surface area contributed by atoms with Crippen LogP contribution in [0.3, 0.4) is 0 Å². The number of hydrogen-bond acceptors (Lipinski definition) is 6. The molecule has 23 heavy (non-hydrogen) atoms. The molecule has 6 heteroatoms. The van der Waals surface area contributed by atoms with E-state index >= 15 is 0 Å². The van der Waals surface area contributed by atoms with Crippen LogP contribution in [0.2, 0.25) is 0 Å². The van der Waals surface area contributed by atoms with Crippen LogP contribution >= 0.6 is 0 Å². The molecule has 1 fully saturated rings. The zero-order chi connectivity index (χ0) is 16.2. The number of anilines is 4. The van der Waals surface area contributed by atoms with Crippen molar-refractivity contribution < 1.29 is 4.74 Å². The van der Waals surface area contributed by atoms with Crippen molar-refractivity contribution in [2.45, 2.75) is 32.2 Å². The average Bonchev–Trinajstić information content (AvgIpc) is 2.58. The van der Waals surface area contributed by atoms with Crippen molar-refractivity contribution in [3.05, 3.63) is 30.6 Å². The lowest BCUT2D eigenvalue weighted by molar-refractivity contribution is 0.415. The number of nitrogens with one attached hydrogen (secondary N) is 1. The first-order valence-corrected chi connectivity index (χ1v) is 7.97. The highest BCUT2D eigenvalue weighted by Gasteiger charge is 2.23. The minimum Gasteiger partial charge on any atom is -0.497 e. The van der Waals surface area contributed by atoms with Crippen molar-refractivity contribution in [1.82, 2.24) is 9.97 Å². The zero-order valence-electron chi connectivity index (χ0n) is 13.6. The first kappa shape index (κ1) is 15.4. The van der Waals surface area contributed by atoms with Crippen molar-refractivity contribution in [3.63, 3.8) is 0 Å². The predicted molar refractivity (Wildman–Crippen MR) is 93.4 cm³/mol. The molecule has 3 N–H and O–H groups in total. The summed E-state index contributed by atoms with van der Waals surface area (Å²) < 4.78 is 5.24. The number of nitrogens with two attached hydrogens (primary N) is 1. The van der Waals surface area contributed by atoms with E-state index in [9.17, 15) is 0 Å². The topological polar surface area (TPSA) is 76.3 Å². The first-order chi connectivity index (χ1) is 11.2. The Bertz CT molecular complexity index is 676. The Balaban J connectivity index is 1.87. The summed E-state index contributed by atoms with van der Waals surface area (Å²) in [6.07, 6.45) is 5.17. The number of nitrogen functional groups attached to an aromatic ring is 1. The highest BCUT2D eigenvalue weighted by Crippen LogP contribution is 2.32. The molecule has 0 amide bonds. The van der Waals surface area contributed by atoms with Gasteiger partial charge < -0.3 is 20.7 Å². The third-order valence-electron chi connectivity index (χ3n) is 4.27. The van der Waals surface area contributed by atoms with Gasteiger partial charge in [0.2, 0.25) is 0 Å². The van der Waals surface area contributed by atoms with Crippen LogP contribution in [0.5, 0.6) is 5.75 Å². The lowest BCUT2D eigenvalue weighted by atomic mass is 10.0. The van der Waals surface area contributed by atoms with Crippen molar-refractivity contribution >= 4 is 23.0 Å². The molecule has 6 nitrogen and oxygen atoms in total. The van der Waals surface area contributed by atoms with Crippen LogP contribution in [0.15, 0.2) is 30.6 Å². The minimum atomic E-state index is 0.450. The fourth-order valence-corrected chi connectivity index (χ4v) is 2.97. The van der Waals surface area contributed by atoms with Crippen LogP contribution in [-0.4, -0.2) is 29.7 Å². The molecular formula is C17H23N5O. The largest absolute Gasteiger partial charge is 0.497 e. The minimum absolute atomic E-state index is 0.450. The standard InChI is InChI=1S/C17H23N5O/c1-12-6-3-4-9-22(12)17-15(18)16(19-11-20-17)21-13-7-5-8-14(10-13)23-2/h5,7-8,10-12H,3-4,6,9,18H2,1-2H3,(H,19,20,21). The number of benzene rings is 1. The van der Waals surface area contributed by atoms with E-state index in [0.717, 1.165) is 23.8 Å². The fraction of sp³-hybridized carbons (Fsp3) is 0.412. The van der Waals surface area contributed by atoms with Gasteiger partial charge >= 0.3 is 0 Å². The molecule has 122 valence electrons. The molecule has 1 aliphatic rings. The van der Waals surface area contributed by atoms with Gasteiger partial charge in [-0.05, 0) is 38.3 Å². The summed E-state index contributed by atoms with van der Waals surface area (Å²) in [5.74, 6) is 2.23. The number of aromatic nitrogens is 2. The number of piperidine rings is 1. The summed E-state index contributed by atoms with van der Waals surface area (Å²) in [5.41, 5.74) is 7.80. The number of nitrogens with zero attached hydrogens (tertiary/aromatic N) is 3. The molecule has 1 aliphatic heterocycles. The molecule has 1 unspecified atom stereocenters. The normalized spacial score (nSPS) is 17.8. The van der Waals surface area contributed by atoms with Crippen LogP contribution < -0.4 is 20.7 Å². The maximum absolute atomic E-state index is 6.33. The van der Waals surface area contributed by atoms with E-state index in [2.05, 4.69) is 27.1 Å². The molecule has 0 spiro atoms. The van der Waals surface area contributed by atoms with Gasteiger partial charge in [0.1, 0.15) is 17.8 Å². The van der Waals surface area contributed by atoms with E-state index in [-0.39, 0.29) is 0 Å². The molecule has 3 rings (SSSR count). The van der Waals surface area contributed by atoms with E-state index in [1.807, 2.05) is 24.3 Å². The number of hydrogen-bond donors (Lipinski definition) is 2. The summed E-state index contributed by atoms with van der Waals surface area (Å²) in [6.45, 7) is 3.21. The Morgan fingerprint density at radius 2 is 2.17 bits per heavy atom. The Hall–Kier alpha value is -2.50. The summed E-state index contributed by atoms with van der Waals surface area (Å²) in [5, 5.41) is 3.26. The van der Waals surface area contributed by atoms with E-state index in [1.54, 1.807) is 13.4 Å². The van der Waals surface area contributed by atoms with Crippen LogP contribution in [-0.2, 0) is 0 Å². The van der Waals surface area contributed by atoms with Crippen LogP contribution in [0.1, 0.15) is 26.2 Å². The van der Waals surface area contributed by atoms with Crippen molar-refractivity contribution in [1.29, 1.82) is 0 Å². The summed E-state index contributed by atoms with van der Waals surface area (Å²) >= 11 is 0. The van der Waals surface area contributed by atoms with Crippen molar-refractivity contribution in [3.8, 4) is 5.75 Å². The maximum Gasteiger partial charge on any atom is 0.159 e. The van der Waals surface area contributed by atoms with Gasteiger partial charge in [0.05, 0.1) is 7.11 Å².